The number of benzene rings is 5. The molecular formula is C34H22N2. The summed E-state index contributed by atoms with van der Waals surface area (Å²) in [6.07, 6.45) is 5.63. The Morgan fingerprint density at radius 2 is 1.06 bits per heavy atom. The van der Waals surface area contributed by atoms with Gasteiger partial charge in [-0.15, -0.1) is 0 Å². The van der Waals surface area contributed by atoms with Crippen molar-refractivity contribution in [3.05, 3.63) is 134 Å². The molecule has 0 amide bonds. The second-order valence-corrected chi connectivity index (χ2v) is 9.04. The van der Waals surface area contributed by atoms with Gasteiger partial charge in [0.25, 0.3) is 0 Å². The second-order valence-electron chi connectivity index (χ2n) is 9.04. The summed E-state index contributed by atoms with van der Waals surface area (Å²) in [5.74, 6) is 0. The van der Waals surface area contributed by atoms with E-state index in [-0.39, 0.29) is 0 Å². The van der Waals surface area contributed by atoms with Crippen molar-refractivity contribution in [3.63, 3.8) is 0 Å². The summed E-state index contributed by atoms with van der Waals surface area (Å²) in [6, 6.07) is 41.0. The maximum atomic E-state index is 4.82. The predicted molar refractivity (Wildman–Crippen MR) is 151 cm³/mol. The Hall–Kier alpha value is -4.82. The van der Waals surface area contributed by atoms with Gasteiger partial charge < -0.3 is 0 Å². The van der Waals surface area contributed by atoms with Crippen LogP contribution in [0.2, 0.25) is 0 Å². The van der Waals surface area contributed by atoms with Gasteiger partial charge in [-0.1, -0.05) is 97.1 Å². The van der Waals surface area contributed by atoms with Crippen LogP contribution in [0, 0.1) is 0 Å². The lowest BCUT2D eigenvalue weighted by atomic mass is 9.85. The lowest BCUT2D eigenvalue weighted by Gasteiger charge is -2.18. The normalized spacial score (nSPS) is 11.3. The van der Waals surface area contributed by atoms with Crippen LogP contribution in [0.3, 0.4) is 0 Å². The number of nitrogens with zero attached hydrogens (tertiary/aromatic N) is 2. The SMILES string of the molecule is c1cncc(-c2ccc(-c3c4ccccc4c(-c4cccc5ccccc45)c4ccccc34)cn2)c1. The maximum Gasteiger partial charge on any atom is 0.0717 e. The lowest BCUT2D eigenvalue weighted by molar-refractivity contribution is 1.28. The van der Waals surface area contributed by atoms with Crippen molar-refractivity contribution < 1.29 is 0 Å². The first kappa shape index (κ1) is 20.5. The molecule has 0 aliphatic carbocycles. The van der Waals surface area contributed by atoms with Gasteiger partial charge in [0.1, 0.15) is 0 Å². The van der Waals surface area contributed by atoms with Crippen molar-refractivity contribution in [2.24, 2.45) is 0 Å². The summed E-state index contributed by atoms with van der Waals surface area (Å²) in [5.41, 5.74) is 6.81. The lowest BCUT2D eigenvalue weighted by Crippen LogP contribution is -1.92. The van der Waals surface area contributed by atoms with Crippen LogP contribution in [0.1, 0.15) is 0 Å². The summed E-state index contributed by atoms with van der Waals surface area (Å²) in [7, 11) is 0. The highest BCUT2D eigenvalue weighted by Crippen LogP contribution is 2.45. The average Bonchev–Trinajstić information content (AvgIpc) is 2.96. The van der Waals surface area contributed by atoms with Crippen LogP contribution in [0.5, 0.6) is 0 Å². The van der Waals surface area contributed by atoms with Gasteiger partial charge in [0, 0.05) is 29.7 Å². The van der Waals surface area contributed by atoms with Crippen molar-refractivity contribution in [1.29, 1.82) is 0 Å². The number of aromatic nitrogens is 2. The monoisotopic (exact) mass is 458 g/mol. The molecule has 0 fully saturated rings. The molecule has 0 spiro atoms. The number of rotatable bonds is 3. The third-order valence-electron chi connectivity index (χ3n) is 7.00. The second kappa shape index (κ2) is 8.44. The Balaban J connectivity index is 1.54. The molecule has 0 aliphatic heterocycles. The van der Waals surface area contributed by atoms with E-state index in [1.165, 1.54) is 49.0 Å². The molecule has 2 aromatic heterocycles. The molecule has 168 valence electrons. The molecule has 0 N–H and O–H groups in total. The predicted octanol–water partition coefficient (Wildman–Crippen LogP) is 8.94. The first-order chi connectivity index (χ1) is 17.9. The quantitative estimate of drug-likeness (QED) is 0.247. The number of hydrogen-bond acceptors (Lipinski definition) is 2. The largest absolute Gasteiger partial charge is 0.264 e. The van der Waals surface area contributed by atoms with Crippen LogP contribution >= 0.6 is 0 Å². The number of fused-ring (bicyclic) bond motifs is 3. The molecule has 0 unspecified atom stereocenters. The number of hydrogen-bond donors (Lipinski definition) is 0. The van der Waals surface area contributed by atoms with Crippen molar-refractivity contribution >= 4 is 32.3 Å². The van der Waals surface area contributed by atoms with Gasteiger partial charge in [-0.05, 0) is 67.2 Å². The van der Waals surface area contributed by atoms with Gasteiger partial charge in [0.05, 0.1) is 5.69 Å². The van der Waals surface area contributed by atoms with E-state index in [0.29, 0.717) is 0 Å². The van der Waals surface area contributed by atoms with Crippen molar-refractivity contribution in [1.82, 2.24) is 9.97 Å². The van der Waals surface area contributed by atoms with E-state index < -0.39 is 0 Å². The topological polar surface area (TPSA) is 25.8 Å². The third kappa shape index (κ3) is 3.27. The molecule has 0 aliphatic rings. The fraction of sp³-hybridized carbons (Fsp3) is 0. The van der Waals surface area contributed by atoms with Crippen molar-refractivity contribution in [2.75, 3.05) is 0 Å². The highest BCUT2D eigenvalue weighted by atomic mass is 14.7. The van der Waals surface area contributed by atoms with E-state index in [1.807, 2.05) is 24.5 Å². The van der Waals surface area contributed by atoms with Gasteiger partial charge in [-0.3, -0.25) is 9.97 Å². The molecule has 7 rings (SSSR count). The molecule has 7 aromatic rings. The summed E-state index contributed by atoms with van der Waals surface area (Å²) >= 11 is 0. The van der Waals surface area contributed by atoms with Crippen molar-refractivity contribution in [2.45, 2.75) is 0 Å². The van der Waals surface area contributed by atoms with E-state index >= 15 is 0 Å². The van der Waals surface area contributed by atoms with E-state index in [9.17, 15) is 0 Å². The molecule has 5 aromatic carbocycles. The molecular weight excluding hydrogens is 436 g/mol. The van der Waals surface area contributed by atoms with E-state index in [0.717, 1.165) is 16.8 Å². The minimum Gasteiger partial charge on any atom is -0.264 e. The van der Waals surface area contributed by atoms with Crippen LogP contribution < -0.4 is 0 Å². The maximum absolute atomic E-state index is 4.82. The molecule has 36 heavy (non-hydrogen) atoms. The minimum absolute atomic E-state index is 0.924. The van der Waals surface area contributed by atoms with E-state index in [2.05, 4.69) is 108 Å². The zero-order valence-electron chi connectivity index (χ0n) is 19.6. The molecule has 0 saturated carbocycles. The first-order valence-electron chi connectivity index (χ1n) is 12.2. The zero-order valence-corrected chi connectivity index (χ0v) is 19.6. The Kier molecular flexibility index (Phi) is 4.82. The highest BCUT2D eigenvalue weighted by molar-refractivity contribution is 6.23. The van der Waals surface area contributed by atoms with Gasteiger partial charge >= 0.3 is 0 Å². The van der Waals surface area contributed by atoms with Crippen LogP contribution in [-0.4, -0.2) is 9.97 Å². The number of pyridine rings is 2. The van der Waals surface area contributed by atoms with E-state index in [4.69, 9.17) is 4.98 Å². The minimum atomic E-state index is 0.924. The standard InChI is InChI=1S/C34H22N2/c1-2-12-26-23(9-1)10-7-17-27(26)34-30-15-5-3-13-28(30)33(29-14-4-6-16-31(29)34)25-18-19-32(36-22-25)24-11-8-20-35-21-24/h1-22H. The molecule has 2 heterocycles. The van der Waals surface area contributed by atoms with Crippen LogP contribution in [-0.2, 0) is 0 Å². The van der Waals surface area contributed by atoms with Gasteiger partial charge in [0.15, 0.2) is 0 Å². The molecule has 2 heteroatoms. The molecule has 0 saturated heterocycles. The highest BCUT2D eigenvalue weighted by Gasteiger charge is 2.17. The molecule has 0 bridgehead atoms. The average molecular weight is 459 g/mol. The van der Waals surface area contributed by atoms with Crippen LogP contribution in [0.15, 0.2) is 134 Å². The van der Waals surface area contributed by atoms with Gasteiger partial charge in [0.2, 0.25) is 0 Å². The third-order valence-corrected chi connectivity index (χ3v) is 7.00. The molecule has 0 radical (unpaired) electrons. The summed E-state index contributed by atoms with van der Waals surface area (Å²) in [4.78, 5) is 9.06. The van der Waals surface area contributed by atoms with Gasteiger partial charge in [-0.2, -0.15) is 0 Å². The van der Waals surface area contributed by atoms with Crippen LogP contribution in [0.4, 0.5) is 0 Å². The van der Waals surface area contributed by atoms with Crippen molar-refractivity contribution in [3.8, 4) is 33.5 Å². The summed E-state index contributed by atoms with van der Waals surface area (Å²) in [6.45, 7) is 0. The fourth-order valence-electron chi connectivity index (χ4n) is 5.40. The fourth-order valence-corrected chi connectivity index (χ4v) is 5.40. The Labute approximate surface area is 209 Å². The Morgan fingerprint density at radius 3 is 1.69 bits per heavy atom. The summed E-state index contributed by atoms with van der Waals surface area (Å²) in [5, 5.41) is 7.48. The Morgan fingerprint density at radius 1 is 0.417 bits per heavy atom. The summed E-state index contributed by atoms with van der Waals surface area (Å²) < 4.78 is 0. The Bertz CT molecular complexity index is 1810. The van der Waals surface area contributed by atoms with Crippen LogP contribution in [0.25, 0.3) is 65.8 Å². The molecule has 2 nitrogen and oxygen atoms in total. The molecule has 0 atom stereocenters. The van der Waals surface area contributed by atoms with Gasteiger partial charge in [-0.25, -0.2) is 0 Å². The zero-order chi connectivity index (χ0) is 23.9. The first-order valence-corrected chi connectivity index (χ1v) is 12.2. The smallest absolute Gasteiger partial charge is 0.0717 e. The van der Waals surface area contributed by atoms with E-state index in [1.54, 1.807) is 6.20 Å².